The molecule has 2 aliphatic carbocycles. The first kappa shape index (κ1) is 24.6. The zero-order chi connectivity index (χ0) is 28.1. The van der Waals surface area contributed by atoms with Gasteiger partial charge in [-0.3, -0.25) is 9.59 Å². The third kappa shape index (κ3) is 3.31. The molecular formula is C30H21ClO8. The summed E-state index contributed by atoms with van der Waals surface area (Å²) < 4.78 is 0. The molecule has 4 aromatic rings. The van der Waals surface area contributed by atoms with Gasteiger partial charge in [-0.25, -0.2) is 0 Å². The SMILES string of the molecule is Cc1cc(O)c2c(c1)C(C1c3cc(C)cc(O)c3C(=O)c3c1cc(O)c(Cl)c3O)c1cc(O)cc(O)c1C2=O. The van der Waals surface area contributed by atoms with Crippen LogP contribution in [0.1, 0.15) is 77.1 Å². The van der Waals surface area contributed by atoms with Crippen LogP contribution in [0.5, 0.6) is 34.5 Å². The number of halogens is 1. The van der Waals surface area contributed by atoms with Crippen LogP contribution < -0.4 is 0 Å². The van der Waals surface area contributed by atoms with E-state index in [-0.39, 0.29) is 50.6 Å². The lowest BCUT2D eigenvalue weighted by Gasteiger charge is -2.38. The molecule has 39 heavy (non-hydrogen) atoms. The quantitative estimate of drug-likeness (QED) is 0.190. The summed E-state index contributed by atoms with van der Waals surface area (Å²) >= 11 is 6.11. The molecule has 196 valence electrons. The lowest BCUT2D eigenvalue weighted by molar-refractivity contribution is 0.101. The molecule has 0 bridgehead atoms. The first-order chi connectivity index (χ1) is 18.4. The number of carbonyl (C=O) groups excluding carboxylic acids is 2. The summed E-state index contributed by atoms with van der Waals surface area (Å²) in [7, 11) is 0. The molecule has 2 unspecified atom stereocenters. The van der Waals surface area contributed by atoms with Gasteiger partial charge in [0.15, 0.2) is 0 Å². The van der Waals surface area contributed by atoms with Crippen molar-refractivity contribution in [2.75, 3.05) is 0 Å². The molecule has 0 saturated carbocycles. The Labute approximate surface area is 226 Å². The van der Waals surface area contributed by atoms with E-state index in [2.05, 4.69) is 0 Å². The fourth-order valence-corrected chi connectivity index (χ4v) is 6.29. The Bertz CT molecular complexity index is 1740. The minimum atomic E-state index is -0.958. The summed E-state index contributed by atoms with van der Waals surface area (Å²) in [6.45, 7) is 3.43. The second kappa shape index (κ2) is 8.15. The number of hydrogen-bond acceptors (Lipinski definition) is 8. The second-order valence-corrected chi connectivity index (χ2v) is 10.4. The summed E-state index contributed by atoms with van der Waals surface area (Å²) in [6.07, 6.45) is 0. The third-order valence-electron chi connectivity index (χ3n) is 7.55. The minimum Gasteiger partial charge on any atom is -0.508 e. The molecule has 8 nitrogen and oxygen atoms in total. The smallest absolute Gasteiger partial charge is 0.201 e. The van der Waals surface area contributed by atoms with Gasteiger partial charge in [0.25, 0.3) is 0 Å². The van der Waals surface area contributed by atoms with Crippen LogP contribution in [0.15, 0.2) is 42.5 Å². The Morgan fingerprint density at radius 2 is 0.949 bits per heavy atom. The molecule has 0 radical (unpaired) electrons. The van der Waals surface area contributed by atoms with E-state index in [9.17, 15) is 40.2 Å². The number of rotatable bonds is 1. The molecule has 0 fully saturated rings. The highest BCUT2D eigenvalue weighted by molar-refractivity contribution is 6.34. The van der Waals surface area contributed by atoms with Crippen LogP contribution in [0.3, 0.4) is 0 Å². The lowest BCUT2D eigenvalue weighted by atomic mass is 9.63. The summed E-state index contributed by atoms with van der Waals surface area (Å²) in [4.78, 5) is 27.3. The Balaban J connectivity index is 1.81. The average molecular weight is 545 g/mol. The van der Waals surface area contributed by atoms with Crippen LogP contribution in [-0.4, -0.2) is 42.2 Å². The number of aryl methyl sites for hydroxylation is 2. The van der Waals surface area contributed by atoms with Gasteiger partial charge in [-0.05, 0) is 71.5 Å². The van der Waals surface area contributed by atoms with Crippen molar-refractivity contribution in [1.29, 1.82) is 0 Å². The maximum atomic E-state index is 13.7. The van der Waals surface area contributed by atoms with E-state index in [1.807, 2.05) is 0 Å². The molecule has 6 rings (SSSR count). The van der Waals surface area contributed by atoms with Gasteiger partial charge in [-0.1, -0.05) is 23.7 Å². The molecule has 4 aromatic carbocycles. The summed E-state index contributed by atoms with van der Waals surface area (Å²) in [5.74, 6) is -5.94. The van der Waals surface area contributed by atoms with Crippen molar-refractivity contribution in [2.45, 2.75) is 25.7 Å². The highest BCUT2D eigenvalue weighted by Gasteiger charge is 2.46. The van der Waals surface area contributed by atoms with Crippen molar-refractivity contribution >= 4 is 23.2 Å². The standard InChI is InChI=1S/C30H21ClO8/c1-10-3-13-21(15-7-12(32)8-19(35)25(15)28(37)23(13)17(33)5-10)22-14-4-11(2)6-18(34)24(14)29(38)26-16(22)9-20(36)27(31)30(26)39/h3-9,21-22,32-36,39H,1-2H3. The number of phenolic OH excluding ortho intramolecular Hbond substituents is 6. The molecule has 0 saturated heterocycles. The van der Waals surface area contributed by atoms with E-state index in [0.29, 0.717) is 22.3 Å². The number of phenols is 6. The number of benzene rings is 4. The third-order valence-corrected chi connectivity index (χ3v) is 7.92. The highest BCUT2D eigenvalue weighted by atomic mass is 35.5. The highest BCUT2D eigenvalue weighted by Crippen LogP contribution is 2.57. The summed E-state index contributed by atoms with van der Waals surface area (Å²) in [5, 5.41) is 64.1. The molecule has 0 amide bonds. The van der Waals surface area contributed by atoms with Gasteiger partial charge in [0.1, 0.15) is 39.5 Å². The Kier molecular flexibility index (Phi) is 5.15. The predicted octanol–water partition coefficient (Wildman–Crippen LogP) is 5.24. The van der Waals surface area contributed by atoms with Crippen LogP contribution >= 0.6 is 11.6 Å². The molecule has 0 heterocycles. The monoisotopic (exact) mass is 544 g/mol. The van der Waals surface area contributed by atoms with Gasteiger partial charge in [0.2, 0.25) is 11.6 Å². The zero-order valence-electron chi connectivity index (χ0n) is 20.6. The van der Waals surface area contributed by atoms with Gasteiger partial charge in [0.05, 0.1) is 22.3 Å². The van der Waals surface area contributed by atoms with Crippen LogP contribution in [-0.2, 0) is 0 Å². The fraction of sp³-hybridized carbons (Fsp3) is 0.133. The van der Waals surface area contributed by atoms with Crippen molar-refractivity contribution < 1.29 is 40.2 Å². The molecular weight excluding hydrogens is 524 g/mol. The van der Waals surface area contributed by atoms with Gasteiger partial charge in [-0.15, -0.1) is 0 Å². The summed E-state index contributed by atoms with van der Waals surface area (Å²) in [6, 6.07) is 9.76. The number of fused-ring (bicyclic) bond motifs is 4. The van der Waals surface area contributed by atoms with Crippen molar-refractivity contribution in [3.8, 4) is 34.5 Å². The van der Waals surface area contributed by atoms with E-state index in [1.165, 1.54) is 24.3 Å². The van der Waals surface area contributed by atoms with E-state index in [1.54, 1.807) is 26.0 Å². The number of aromatic hydroxyl groups is 6. The van der Waals surface area contributed by atoms with Crippen LogP contribution in [0.4, 0.5) is 0 Å². The fourth-order valence-electron chi connectivity index (χ4n) is 6.14. The van der Waals surface area contributed by atoms with Gasteiger partial charge in [0, 0.05) is 17.9 Å². The van der Waals surface area contributed by atoms with Crippen LogP contribution in [0.25, 0.3) is 0 Å². The molecule has 0 spiro atoms. The summed E-state index contributed by atoms with van der Waals surface area (Å²) in [5.41, 5.74) is 1.66. The molecule has 2 atom stereocenters. The molecule has 9 heteroatoms. The van der Waals surface area contributed by atoms with Gasteiger partial charge < -0.3 is 30.6 Å². The maximum absolute atomic E-state index is 13.7. The van der Waals surface area contributed by atoms with Gasteiger partial charge in [-0.2, -0.15) is 0 Å². The molecule has 0 aliphatic heterocycles. The number of ketones is 2. The van der Waals surface area contributed by atoms with Crippen LogP contribution in [0, 0.1) is 13.8 Å². The zero-order valence-corrected chi connectivity index (χ0v) is 21.3. The Morgan fingerprint density at radius 1 is 0.538 bits per heavy atom. The first-order valence-corrected chi connectivity index (χ1v) is 12.3. The molecule has 2 aliphatic rings. The maximum Gasteiger partial charge on any atom is 0.201 e. The predicted molar refractivity (Wildman–Crippen MR) is 141 cm³/mol. The Hall–Kier alpha value is -4.69. The second-order valence-electron chi connectivity index (χ2n) is 10.1. The minimum absolute atomic E-state index is 0.0710. The van der Waals surface area contributed by atoms with E-state index >= 15 is 0 Å². The largest absolute Gasteiger partial charge is 0.508 e. The Morgan fingerprint density at radius 3 is 1.46 bits per heavy atom. The average Bonchev–Trinajstić information content (AvgIpc) is 2.82. The van der Waals surface area contributed by atoms with Crippen molar-refractivity contribution in [3.63, 3.8) is 0 Å². The first-order valence-electron chi connectivity index (χ1n) is 12.0. The number of carbonyl (C=O) groups is 2. The normalized spacial score (nSPS) is 17.3. The molecule has 6 N–H and O–H groups in total. The van der Waals surface area contributed by atoms with Crippen molar-refractivity contribution in [2.24, 2.45) is 0 Å². The van der Waals surface area contributed by atoms with E-state index in [4.69, 9.17) is 11.6 Å². The topological polar surface area (TPSA) is 156 Å². The van der Waals surface area contributed by atoms with Crippen molar-refractivity contribution in [1.82, 2.24) is 0 Å². The molecule has 0 aromatic heterocycles. The van der Waals surface area contributed by atoms with Gasteiger partial charge >= 0.3 is 0 Å². The van der Waals surface area contributed by atoms with E-state index < -0.39 is 45.7 Å². The van der Waals surface area contributed by atoms with Crippen molar-refractivity contribution in [3.05, 3.63) is 103 Å². The van der Waals surface area contributed by atoms with E-state index in [0.717, 1.165) is 6.07 Å². The van der Waals surface area contributed by atoms with Crippen LogP contribution in [0.2, 0.25) is 5.02 Å². The lowest BCUT2D eigenvalue weighted by Crippen LogP contribution is -2.29. The number of hydrogen-bond donors (Lipinski definition) is 6.